The number of carboxylic acid groups (broad SMARTS) is 1. The highest BCUT2D eigenvalue weighted by Gasteiger charge is 2.21. The van der Waals surface area contributed by atoms with Gasteiger partial charge in [-0.1, -0.05) is 77.4 Å². The number of carbonyl (C=O) groups is 1. The summed E-state index contributed by atoms with van der Waals surface area (Å²) in [4.78, 5) is 15.9. The van der Waals surface area contributed by atoms with E-state index >= 15 is 0 Å². The Morgan fingerprint density at radius 1 is 0.875 bits per heavy atom. The number of benzene rings is 3. The van der Waals surface area contributed by atoms with E-state index in [9.17, 15) is 4.79 Å². The van der Waals surface area contributed by atoms with Crippen LogP contribution in [0.15, 0.2) is 84.0 Å². The first-order valence-electron chi connectivity index (χ1n) is 10.1. The molecule has 0 atom stereocenters. The highest BCUT2D eigenvalue weighted by atomic mass is 35.5. The van der Waals surface area contributed by atoms with Gasteiger partial charge in [-0.05, 0) is 42.8 Å². The van der Waals surface area contributed by atoms with Crippen LogP contribution in [0.2, 0.25) is 10.0 Å². The van der Waals surface area contributed by atoms with Gasteiger partial charge in [0, 0.05) is 39.0 Å². The lowest BCUT2D eigenvalue weighted by molar-refractivity contribution is -0.137. The molecule has 0 aliphatic rings. The van der Waals surface area contributed by atoms with E-state index in [4.69, 9.17) is 33.3 Å². The van der Waals surface area contributed by atoms with E-state index < -0.39 is 5.97 Å². The van der Waals surface area contributed by atoms with Gasteiger partial charge >= 0.3 is 5.97 Å². The Bertz CT molecular complexity index is 1210. The third-order valence-corrected chi connectivity index (χ3v) is 6.39. The first-order valence-corrected chi connectivity index (χ1v) is 11.8. The van der Waals surface area contributed by atoms with Gasteiger partial charge in [-0.15, -0.1) is 0 Å². The van der Waals surface area contributed by atoms with Crippen molar-refractivity contribution in [3.63, 3.8) is 0 Å². The monoisotopic (exact) mass is 482 g/mol. The second kappa shape index (κ2) is 10.3. The Kier molecular flexibility index (Phi) is 7.20. The molecule has 0 aliphatic carbocycles. The van der Waals surface area contributed by atoms with Crippen LogP contribution in [-0.2, 0) is 4.79 Å². The van der Waals surface area contributed by atoms with Crippen LogP contribution < -0.4 is 0 Å². The molecular weight excluding hydrogens is 463 g/mol. The van der Waals surface area contributed by atoms with Crippen LogP contribution >= 0.6 is 35.0 Å². The van der Waals surface area contributed by atoms with Gasteiger partial charge in [0.05, 0.1) is 11.4 Å². The molecule has 4 rings (SSSR count). The summed E-state index contributed by atoms with van der Waals surface area (Å²) < 4.78 is 2.12. The van der Waals surface area contributed by atoms with Crippen LogP contribution in [0, 0.1) is 0 Å². The molecule has 1 heterocycles. The second-order valence-corrected chi connectivity index (χ2v) is 9.06. The molecule has 3 aromatic carbocycles. The number of hydrogen-bond donors (Lipinski definition) is 1. The van der Waals surface area contributed by atoms with E-state index in [1.165, 1.54) is 0 Å². The van der Waals surface area contributed by atoms with Gasteiger partial charge in [0.15, 0.2) is 5.16 Å². The first-order chi connectivity index (χ1) is 15.5. The van der Waals surface area contributed by atoms with Gasteiger partial charge in [-0.25, -0.2) is 4.98 Å². The molecule has 0 amide bonds. The minimum Gasteiger partial charge on any atom is -0.481 e. The van der Waals surface area contributed by atoms with Gasteiger partial charge in [0.2, 0.25) is 0 Å². The van der Waals surface area contributed by atoms with Crippen molar-refractivity contribution in [2.24, 2.45) is 0 Å². The average molecular weight is 483 g/mol. The van der Waals surface area contributed by atoms with Crippen molar-refractivity contribution in [1.82, 2.24) is 9.55 Å². The molecule has 0 fully saturated rings. The number of imidazole rings is 1. The first kappa shape index (κ1) is 22.5. The number of halogens is 2. The standard InChI is InChI=1S/C25H20Cl2N2O2S/c26-19-12-8-17(9-13-19)23-24(18-10-14-20(27)15-11-18)29(21-5-2-1-3-6-21)25(28-23)32-16-4-7-22(30)31/h1-3,5-6,8-15H,4,7,16H2,(H,30,31). The van der Waals surface area contributed by atoms with Crippen molar-refractivity contribution in [3.05, 3.63) is 88.9 Å². The maximum Gasteiger partial charge on any atom is 0.303 e. The third kappa shape index (κ3) is 5.18. The lowest BCUT2D eigenvalue weighted by Crippen LogP contribution is -2.00. The molecule has 0 unspecified atom stereocenters. The van der Waals surface area contributed by atoms with E-state index in [0.29, 0.717) is 22.2 Å². The highest BCUT2D eigenvalue weighted by Crippen LogP contribution is 2.39. The molecule has 0 spiro atoms. The predicted octanol–water partition coefficient (Wildman–Crippen LogP) is 7.47. The highest BCUT2D eigenvalue weighted by molar-refractivity contribution is 7.99. The molecule has 1 N–H and O–H groups in total. The van der Waals surface area contributed by atoms with Crippen molar-refractivity contribution in [2.45, 2.75) is 18.0 Å². The van der Waals surface area contributed by atoms with Crippen LogP contribution in [0.3, 0.4) is 0 Å². The SMILES string of the molecule is O=C(O)CCCSc1nc(-c2ccc(Cl)cc2)c(-c2ccc(Cl)cc2)n1-c1ccccc1. The molecule has 0 saturated carbocycles. The molecule has 1 aromatic heterocycles. The van der Waals surface area contributed by atoms with E-state index in [0.717, 1.165) is 33.4 Å². The Morgan fingerprint density at radius 2 is 1.47 bits per heavy atom. The summed E-state index contributed by atoms with van der Waals surface area (Å²) >= 11 is 13.8. The summed E-state index contributed by atoms with van der Waals surface area (Å²) in [6, 6.07) is 25.3. The fourth-order valence-electron chi connectivity index (χ4n) is 3.38. The van der Waals surface area contributed by atoms with E-state index in [2.05, 4.69) is 4.57 Å². The number of thioether (sulfide) groups is 1. The fraction of sp³-hybridized carbons (Fsp3) is 0.120. The quantitative estimate of drug-likeness (QED) is 0.209. The van der Waals surface area contributed by atoms with Crippen molar-refractivity contribution >= 4 is 40.9 Å². The number of rotatable bonds is 8. The Hall–Kier alpha value is -2.73. The summed E-state index contributed by atoms with van der Waals surface area (Å²) in [5.41, 5.74) is 4.67. The number of carboxylic acids is 1. The molecule has 0 bridgehead atoms. The Balaban J connectivity index is 1.89. The zero-order valence-corrected chi connectivity index (χ0v) is 19.4. The van der Waals surface area contributed by atoms with Crippen LogP contribution in [0.25, 0.3) is 28.2 Å². The topological polar surface area (TPSA) is 55.1 Å². The van der Waals surface area contributed by atoms with Crippen LogP contribution in [0.4, 0.5) is 0 Å². The Labute approximate surface area is 200 Å². The molecule has 0 radical (unpaired) electrons. The third-order valence-electron chi connectivity index (χ3n) is 4.86. The predicted molar refractivity (Wildman–Crippen MR) is 132 cm³/mol. The Morgan fingerprint density at radius 3 is 2.06 bits per heavy atom. The number of para-hydroxylation sites is 1. The van der Waals surface area contributed by atoms with Gasteiger partial charge in [-0.3, -0.25) is 9.36 Å². The zero-order valence-electron chi connectivity index (χ0n) is 17.0. The summed E-state index contributed by atoms with van der Waals surface area (Å²) in [6.45, 7) is 0. The number of aromatic nitrogens is 2. The number of aliphatic carboxylic acids is 1. The molecule has 0 saturated heterocycles. The van der Waals surface area contributed by atoms with Gasteiger partial charge in [-0.2, -0.15) is 0 Å². The number of hydrogen-bond acceptors (Lipinski definition) is 3. The molecule has 4 nitrogen and oxygen atoms in total. The van der Waals surface area contributed by atoms with Gasteiger partial charge in [0.25, 0.3) is 0 Å². The molecule has 4 aromatic rings. The molecular formula is C25H20Cl2N2O2S. The van der Waals surface area contributed by atoms with Crippen molar-refractivity contribution in [1.29, 1.82) is 0 Å². The normalized spacial score (nSPS) is 10.9. The summed E-state index contributed by atoms with van der Waals surface area (Å²) in [5, 5.41) is 11.1. The maximum atomic E-state index is 10.9. The molecule has 32 heavy (non-hydrogen) atoms. The van der Waals surface area contributed by atoms with Crippen molar-refractivity contribution < 1.29 is 9.90 Å². The molecule has 0 aliphatic heterocycles. The summed E-state index contributed by atoms with van der Waals surface area (Å²) in [7, 11) is 0. The van der Waals surface area contributed by atoms with Crippen molar-refractivity contribution in [2.75, 3.05) is 5.75 Å². The smallest absolute Gasteiger partial charge is 0.303 e. The zero-order chi connectivity index (χ0) is 22.5. The minimum absolute atomic E-state index is 0.132. The van der Waals surface area contributed by atoms with E-state index in [1.807, 2.05) is 78.9 Å². The molecule has 162 valence electrons. The van der Waals surface area contributed by atoms with Crippen LogP contribution in [0.1, 0.15) is 12.8 Å². The van der Waals surface area contributed by atoms with Crippen LogP contribution in [0.5, 0.6) is 0 Å². The van der Waals surface area contributed by atoms with Gasteiger partial charge in [0.1, 0.15) is 0 Å². The van der Waals surface area contributed by atoms with E-state index in [1.54, 1.807) is 11.8 Å². The minimum atomic E-state index is -0.791. The largest absolute Gasteiger partial charge is 0.481 e. The van der Waals surface area contributed by atoms with Crippen molar-refractivity contribution in [3.8, 4) is 28.2 Å². The molecule has 7 heteroatoms. The summed E-state index contributed by atoms with van der Waals surface area (Å²) in [6.07, 6.45) is 0.696. The van der Waals surface area contributed by atoms with E-state index in [-0.39, 0.29) is 6.42 Å². The van der Waals surface area contributed by atoms with Gasteiger partial charge < -0.3 is 5.11 Å². The second-order valence-electron chi connectivity index (χ2n) is 7.12. The maximum absolute atomic E-state index is 10.9. The van der Waals surface area contributed by atoms with Crippen LogP contribution in [-0.4, -0.2) is 26.4 Å². The average Bonchev–Trinajstić information content (AvgIpc) is 3.17. The summed E-state index contributed by atoms with van der Waals surface area (Å²) in [5.74, 6) is -0.142. The lowest BCUT2D eigenvalue weighted by Gasteiger charge is -2.13. The number of nitrogens with zero attached hydrogens (tertiary/aromatic N) is 2. The lowest BCUT2D eigenvalue weighted by atomic mass is 10.0. The fourth-order valence-corrected chi connectivity index (χ4v) is 4.59.